The molecule has 0 spiro atoms. The van der Waals surface area contributed by atoms with Gasteiger partial charge in [-0.05, 0) is 30.7 Å². The van der Waals surface area contributed by atoms with Crippen molar-refractivity contribution in [1.82, 2.24) is 9.55 Å². The molecule has 24 heavy (non-hydrogen) atoms. The summed E-state index contributed by atoms with van der Waals surface area (Å²) in [5, 5.41) is 0.727. The third-order valence-corrected chi connectivity index (χ3v) is 5.85. The topological polar surface area (TPSA) is 52.0 Å². The summed E-state index contributed by atoms with van der Waals surface area (Å²) in [6, 6.07) is 9.07. The Kier molecular flexibility index (Phi) is 3.81. The number of carbonyl (C=O) groups excluding carboxylic acids is 1. The average molecular weight is 338 g/mol. The minimum absolute atomic E-state index is 0.0345. The number of carbonyl (C=O) groups is 1. The van der Waals surface area contributed by atoms with E-state index in [9.17, 15) is 9.59 Å². The van der Waals surface area contributed by atoms with Crippen LogP contribution in [0.5, 0.6) is 0 Å². The van der Waals surface area contributed by atoms with Crippen LogP contribution in [0.1, 0.15) is 34.1 Å². The molecule has 1 aromatic carbocycles. The Balaban J connectivity index is 1.74. The molecule has 5 heteroatoms. The standard InChI is InChI=1S/C19H18N2O2S/c1-12-7-8-14-16(9-12)24-18-17(14)19(23)21(11-20-18)10-15(22)13-5-3-2-4-6-13/h2-6,11-12H,7-10H2,1H3/t12-/m1/s1. The zero-order chi connectivity index (χ0) is 16.7. The first kappa shape index (κ1) is 15.3. The van der Waals surface area contributed by atoms with Gasteiger partial charge in [0.1, 0.15) is 4.83 Å². The van der Waals surface area contributed by atoms with Crippen LogP contribution in [0.2, 0.25) is 0 Å². The predicted molar refractivity (Wildman–Crippen MR) is 95.8 cm³/mol. The van der Waals surface area contributed by atoms with E-state index in [0.717, 1.165) is 35.0 Å². The van der Waals surface area contributed by atoms with E-state index in [-0.39, 0.29) is 17.9 Å². The first-order valence-electron chi connectivity index (χ1n) is 8.21. The van der Waals surface area contributed by atoms with Crippen molar-refractivity contribution in [1.29, 1.82) is 0 Å². The van der Waals surface area contributed by atoms with Gasteiger partial charge < -0.3 is 0 Å². The van der Waals surface area contributed by atoms with E-state index >= 15 is 0 Å². The molecule has 2 aromatic heterocycles. The van der Waals surface area contributed by atoms with Gasteiger partial charge in [0, 0.05) is 10.4 Å². The maximum Gasteiger partial charge on any atom is 0.262 e. The molecule has 0 amide bonds. The van der Waals surface area contributed by atoms with Crippen molar-refractivity contribution >= 4 is 27.3 Å². The number of Topliss-reactive ketones (excluding diaryl/α,β-unsaturated/α-hetero) is 1. The Labute approximate surface area is 143 Å². The van der Waals surface area contributed by atoms with E-state index in [1.807, 2.05) is 18.2 Å². The second-order valence-electron chi connectivity index (χ2n) is 6.50. The number of hydrogen-bond donors (Lipinski definition) is 0. The molecule has 122 valence electrons. The van der Waals surface area contributed by atoms with Gasteiger partial charge in [-0.3, -0.25) is 14.2 Å². The van der Waals surface area contributed by atoms with Crippen LogP contribution in [0.4, 0.5) is 0 Å². The third-order valence-electron chi connectivity index (χ3n) is 4.69. The molecule has 1 aliphatic carbocycles. The smallest absolute Gasteiger partial charge is 0.262 e. The Bertz CT molecular complexity index is 972. The molecule has 0 aliphatic heterocycles. The molecule has 4 rings (SSSR count). The van der Waals surface area contributed by atoms with Gasteiger partial charge in [0.25, 0.3) is 5.56 Å². The monoisotopic (exact) mass is 338 g/mol. The molecule has 4 nitrogen and oxygen atoms in total. The summed E-state index contributed by atoms with van der Waals surface area (Å²) in [5.74, 6) is 0.587. The van der Waals surface area contributed by atoms with E-state index in [2.05, 4.69) is 11.9 Å². The molecule has 3 aromatic rings. The lowest BCUT2D eigenvalue weighted by Crippen LogP contribution is -2.25. The summed E-state index contributed by atoms with van der Waals surface area (Å²) in [7, 11) is 0. The van der Waals surface area contributed by atoms with Crippen LogP contribution in [-0.4, -0.2) is 15.3 Å². The van der Waals surface area contributed by atoms with Gasteiger partial charge in [0.05, 0.1) is 18.3 Å². The Morgan fingerprint density at radius 2 is 2.12 bits per heavy atom. The highest BCUT2D eigenvalue weighted by Crippen LogP contribution is 2.35. The zero-order valence-corrected chi connectivity index (χ0v) is 14.3. The number of ketones is 1. The van der Waals surface area contributed by atoms with Gasteiger partial charge in [-0.25, -0.2) is 4.98 Å². The van der Waals surface area contributed by atoms with Gasteiger partial charge in [-0.1, -0.05) is 37.3 Å². The number of aryl methyl sites for hydroxylation is 1. The van der Waals surface area contributed by atoms with E-state index in [1.54, 1.807) is 23.5 Å². The number of thiophene rings is 1. The highest BCUT2D eigenvalue weighted by molar-refractivity contribution is 7.18. The maximum absolute atomic E-state index is 12.9. The highest BCUT2D eigenvalue weighted by atomic mass is 32.1. The highest BCUT2D eigenvalue weighted by Gasteiger charge is 2.23. The Hall–Kier alpha value is -2.27. The van der Waals surface area contributed by atoms with Crippen molar-refractivity contribution < 1.29 is 4.79 Å². The van der Waals surface area contributed by atoms with Crippen LogP contribution in [0, 0.1) is 5.92 Å². The normalized spacial score (nSPS) is 17.0. The van der Waals surface area contributed by atoms with E-state index < -0.39 is 0 Å². The van der Waals surface area contributed by atoms with Gasteiger partial charge >= 0.3 is 0 Å². The molecule has 0 saturated carbocycles. The average Bonchev–Trinajstić information content (AvgIpc) is 2.96. The Morgan fingerprint density at radius 1 is 1.33 bits per heavy atom. The van der Waals surface area contributed by atoms with Crippen molar-refractivity contribution in [2.24, 2.45) is 5.92 Å². The fourth-order valence-corrected chi connectivity index (χ4v) is 4.69. The maximum atomic E-state index is 12.9. The summed E-state index contributed by atoms with van der Waals surface area (Å²) in [6.45, 7) is 2.28. The number of nitrogens with zero attached hydrogens (tertiary/aromatic N) is 2. The number of rotatable bonds is 3. The van der Waals surface area contributed by atoms with E-state index in [4.69, 9.17) is 0 Å². The quantitative estimate of drug-likeness (QED) is 0.687. The fourth-order valence-electron chi connectivity index (χ4n) is 3.35. The third kappa shape index (κ3) is 2.59. The lowest BCUT2D eigenvalue weighted by Gasteiger charge is -2.17. The first-order chi connectivity index (χ1) is 11.6. The predicted octanol–water partition coefficient (Wildman–Crippen LogP) is 3.47. The number of fused-ring (bicyclic) bond motifs is 3. The lowest BCUT2D eigenvalue weighted by atomic mass is 9.89. The molecular weight excluding hydrogens is 320 g/mol. The summed E-state index contributed by atoms with van der Waals surface area (Å²) in [4.78, 5) is 31.8. The van der Waals surface area contributed by atoms with E-state index in [1.165, 1.54) is 15.8 Å². The molecule has 0 bridgehead atoms. The molecule has 0 fully saturated rings. The fraction of sp³-hybridized carbons (Fsp3) is 0.316. The van der Waals surface area contributed by atoms with Crippen LogP contribution in [0.25, 0.3) is 10.2 Å². The van der Waals surface area contributed by atoms with Gasteiger partial charge in [-0.15, -0.1) is 11.3 Å². The molecule has 0 N–H and O–H groups in total. The van der Waals surface area contributed by atoms with Gasteiger partial charge in [-0.2, -0.15) is 0 Å². The number of benzene rings is 1. The second-order valence-corrected chi connectivity index (χ2v) is 7.58. The summed E-state index contributed by atoms with van der Waals surface area (Å²) in [6.07, 6.45) is 4.58. The lowest BCUT2D eigenvalue weighted by molar-refractivity contribution is 0.0970. The van der Waals surface area contributed by atoms with Crippen molar-refractivity contribution in [3.05, 3.63) is 63.0 Å². The van der Waals surface area contributed by atoms with Gasteiger partial charge in [0.2, 0.25) is 0 Å². The molecule has 2 heterocycles. The first-order valence-corrected chi connectivity index (χ1v) is 9.03. The number of hydrogen-bond acceptors (Lipinski definition) is 4. The summed E-state index contributed by atoms with van der Waals surface area (Å²) >= 11 is 1.63. The van der Waals surface area contributed by atoms with Crippen LogP contribution in [-0.2, 0) is 19.4 Å². The van der Waals surface area contributed by atoms with Crippen molar-refractivity contribution in [2.75, 3.05) is 0 Å². The molecule has 1 atom stereocenters. The van der Waals surface area contributed by atoms with Crippen LogP contribution in [0.3, 0.4) is 0 Å². The van der Waals surface area contributed by atoms with Crippen LogP contribution >= 0.6 is 11.3 Å². The molecule has 0 saturated heterocycles. The molecule has 0 radical (unpaired) electrons. The minimum atomic E-state index is -0.0867. The van der Waals surface area contributed by atoms with Crippen molar-refractivity contribution in [3.63, 3.8) is 0 Å². The number of aromatic nitrogens is 2. The Morgan fingerprint density at radius 3 is 2.92 bits per heavy atom. The van der Waals surface area contributed by atoms with E-state index in [0.29, 0.717) is 11.5 Å². The summed E-state index contributed by atoms with van der Waals surface area (Å²) in [5.41, 5.74) is 1.69. The summed E-state index contributed by atoms with van der Waals surface area (Å²) < 4.78 is 1.45. The largest absolute Gasteiger partial charge is 0.292 e. The van der Waals surface area contributed by atoms with Crippen LogP contribution < -0.4 is 5.56 Å². The SMILES string of the molecule is C[C@@H]1CCc2c(sc3ncn(CC(=O)c4ccccc4)c(=O)c23)C1. The molecule has 1 aliphatic rings. The van der Waals surface area contributed by atoms with Crippen molar-refractivity contribution in [2.45, 2.75) is 32.7 Å². The molecule has 0 unspecified atom stereocenters. The second kappa shape index (κ2) is 5.98. The van der Waals surface area contributed by atoms with Gasteiger partial charge in [0.15, 0.2) is 5.78 Å². The molecular formula is C19H18N2O2S. The zero-order valence-electron chi connectivity index (χ0n) is 13.5. The van der Waals surface area contributed by atoms with Crippen LogP contribution in [0.15, 0.2) is 41.5 Å². The van der Waals surface area contributed by atoms with Crippen molar-refractivity contribution in [3.8, 4) is 0 Å². The minimum Gasteiger partial charge on any atom is -0.292 e.